The zero-order chi connectivity index (χ0) is 12.1. The Morgan fingerprint density at radius 1 is 1.41 bits per heavy atom. The van der Waals surface area contributed by atoms with Gasteiger partial charge < -0.3 is 14.2 Å². The average Bonchev–Trinajstić information content (AvgIpc) is 2.89. The lowest BCUT2D eigenvalue weighted by Gasteiger charge is -2.14. The first-order chi connectivity index (χ1) is 8.33. The number of hydrogen-bond acceptors (Lipinski definition) is 3. The SMILES string of the molecule is COc1cc(CBr)ccc1OCC1CCOC1. The van der Waals surface area contributed by atoms with Crippen molar-refractivity contribution in [1.82, 2.24) is 0 Å². The van der Waals surface area contributed by atoms with E-state index in [0.29, 0.717) is 12.5 Å². The quantitative estimate of drug-likeness (QED) is 0.783. The van der Waals surface area contributed by atoms with Gasteiger partial charge in [-0.15, -0.1) is 0 Å². The van der Waals surface area contributed by atoms with Gasteiger partial charge in [0.05, 0.1) is 20.3 Å². The van der Waals surface area contributed by atoms with Crippen LogP contribution in [0.25, 0.3) is 0 Å². The fourth-order valence-electron chi connectivity index (χ4n) is 1.84. The molecule has 1 unspecified atom stereocenters. The summed E-state index contributed by atoms with van der Waals surface area (Å²) < 4.78 is 16.4. The summed E-state index contributed by atoms with van der Waals surface area (Å²) in [4.78, 5) is 0. The number of rotatable bonds is 5. The third-order valence-corrected chi connectivity index (χ3v) is 3.53. The van der Waals surface area contributed by atoms with Gasteiger partial charge in [-0.3, -0.25) is 0 Å². The molecule has 4 heteroatoms. The Hall–Kier alpha value is -0.740. The number of methoxy groups -OCH3 is 1. The van der Waals surface area contributed by atoms with E-state index in [-0.39, 0.29) is 0 Å². The van der Waals surface area contributed by atoms with Crippen molar-refractivity contribution in [3.8, 4) is 11.5 Å². The summed E-state index contributed by atoms with van der Waals surface area (Å²) in [5.41, 5.74) is 1.18. The molecular weight excluding hydrogens is 284 g/mol. The van der Waals surface area contributed by atoms with Crippen molar-refractivity contribution >= 4 is 15.9 Å². The predicted molar refractivity (Wildman–Crippen MR) is 70.0 cm³/mol. The maximum atomic E-state index is 5.79. The minimum Gasteiger partial charge on any atom is -0.493 e. The van der Waals surface area contributed by atoms with E-state index < -0.39 is 0 Å². The van der Waals surface area contributed by atoms with E-state index in [1.54, 1.807) is 7.11 Å². The molecule has 2 rings (SSSR count). The lowest BCUT2D eigenvalue weighted by atomic mass is 10.1. The Morgan fingerprint density at radius 3 is 2.94 bits per heavy atom. The molecule has 1 aromatic carbocycles. The summed E-state index contributed by atoms with van der Waals surface area (Å²) in [5.74, 6) is 2.11. The molecule has 1 heterocycles. The van der Waals surface area contributed by atoms with Crippen LogP contribution in [0.2, 0.25) is 0 Å². The Kier molecular flexibility index (Phi) is 4.68. The average molecular weight is 301 g/mol. The Morgan fingerprint density at radius 2 is 2.29 bits per heavy atom. The van der Waals surface area contributed by atoms with E-state index in [2.05, 4.69) is 15.9 Å². The molecule has 0 spiro atoms. The van der Waals surface area contributed by atoms with Crippen molar-refractivity contribution in [2.45, 2.75) is 11.8 Å². The summed E-state index contributed by atoms with van der Waals surface area (Å²) in [7, 11) is 1.67. The fourth-order valence-corrected chi connectivity index (χ4v) is 2.19. The molecule has 0 bridgehead atoms. The zero-order valence-corrected chi connectivity index (χ0v) is 11.5. The monoisotopic (exact) mass is 300 g/mol. The first-order valence-corrected chi connectivity index (χ1v) is 6.89. The van der Waals surface area contributed by atoms with Gasteiger partial charge in [0.1, 0.15) is 0 Å². The molecule has 0 N–H and O–H groups in total. The lowest BCUT2D eigenvalue weighted by molar-refractivity contribution is 0.165. The van der Waals surface area contributed by atoms with Crippen LogP contribution >= 0.6 is 15.9 Å². The van der Waals surface area contributed by atoms with Crippen LogP contribution in [0, 0.1) is 5.92 Å². The molecule has 94 valence electrons. The molecule has 1 aliphatic rings. The number of alkyl halides is 1. The van der Waals surface area contributed by atoms with Crippen LogP contribution in [0.1, 0.15) is 12.0 Å². The van der Waals surface area contributed by atoms with E-state index in [0.717, 1.165) is 36.5 Å². The molecule has 17 heavy (non-hydrogen) atoms. The largest absolute Gasteiger partial charge is 0.493 e. The molecule has 1 atom stereocenters. The summed E-state index contributed by atoms with van der Waals surface area (Å²) in [6.07, 6.45) is 1.09. The van der Waals surface area contributed by atoms with E-state index in [9.17, 15) is 0 Å². The fraction of sp³-hybridized carbons (Fsp3) is 0.538. The van der Waals surface area contributed by atoms with Crippen LogP contribution in [-0.4, -0.2) is 26.9 Å². The van der Waals surface area contributed by atoms with Gasteiger partial charge in [0.2, 0.25) is 0 Å². The second-order valence-corrected chi connectivity index (χ2v) is 4.72. The summed E-state index contributed by atoms with van der Waals surface area (Å²) in [6.45, 7) is 2.36. The number of halogens is 1. The standard InChI is InChI=1S/C13H17BrO3/c1-15-13-6-10(7-14)2-3-12(13)17-9-11-4-5-16-8-11/h2-3,6,11H,4-5,7-9H2,1H3. The number of hydrogen-bond donors (Lipinski definition) is 0. The molecule has 1 aromatic rings. The van der Waals surface area contributed by atoms with Gasteiger partial charge in [0, 0.05) is 17.9 Å². The highest BCUT2D eigenvalue weighted by Crippen LogP contribution is 2.29. The second kappa shape index (κ2) is 6.26. The highest BCUT2D eigenvalue weighted by Gasteiger charge is 2.17. The molecule has 1 aliphatic heterocycles. The van der Waals surface area contributed by atoms with Crippen molar-refractivity contribution in [3.63, 3.8) is 0 Å². The van der Waals surface area contributed by atoms with Gasteiger partial charge in [-0.1, -0.05) is 22.0 Å². The van der Waals surface area contributed by atoms with Gasteiger partial charge in [-0.05, 0) is 24.1 Å². The van der Waals surface area contributed by atoms with Gasteiger partial charge in [-0.25, -0.2) is 0 Å². The molecule has 0 amide bonds. The third-order valence-electron chi connectivity index (χ3n) is 2.88. The Balaban J connectivity index is 1.98. The molecule has 1 saturated heterocycles. The lowest BCUT2D eigenvalue weighted by Crippen LogP contribution is -2.12. The third kappa shape index (κ3) is 3.36. The van der Waals surface area contributed by atoms with Crippen LogP contribution in [-0.2, 0) is 10.1 Å². The Bertz CT molecular complexity index is 362. The minimum absolute atomic E-state index is 0.510. The molecular formula is C13H17BrO3. The second-order valence-electron chi connectivity index (χ2n) is 4.16. The van der Waals surface area contributed by atoms with Crippen LogP contribution in [0.3, 0.4) is 0 Å². The van der Waals surface area contributed by atoms with Gasteiger partial charge in [0.15, 0.2) is 11.5 Å². The van der Waals surface area contributed by atoms with Crippen molar-refractivity contribution in [3.05, 3.63) is 23.8 Å². The topological polar surface area (TPSA) is 27.7 Å². The van der Waals surface area contributed by atoms with Crippen molar-refractivity contribution in [2.75, 3.05) is 26.9 Å². The normalized spacial score (nSPS) is 19.3. The van der Waals surface area contributed by atoms with Crippen LogP contribution in [0.15, 0.2) is 18.2 Å². The zero-order valence-electron chi connectivity index (χ0n) is 9.95. The summed E-state index contributed by atoms with van der Waals surface area (Å²) >= 11 is 3.43. The molecule has 1 fully saturated rings. The highest BCUT2D eigenvalue weighted by atomic mass is 79.9. The van der Waals surface area contributed by atoms with Crippen molar-refractivity contribution < 1.29 is 14.2 Å². The first-order valence-electron chi connectivity index (χ1n) is 5.77. The van der Waals surface area contributed by atoms with Gasteiger partial charge >= 0.3 is 0 Å². The van der Waals surface area contributed by atoms with Gasteiger partial charge in [-0.2, -0.15) is 0 Å². The van der Waals surface area contributed by atoms with Crippen LogP contribution in [0.5, 0.6) is 11.5 Å². The molecule has 0 radical (unpaired) electrons. The first kappa shape index (κ1) is 12.7. The maximum Gasteiger partial charge on any atom is 0.161 e. The molecule has 0 aromatic heterocycles. The van der Waals surface area contributed by atoms with E-state index in [4.69, 9.17) is 14.2 Å². The highest BCUT2D eigenvalue weighted by molar-refractivity contribution is 9.08. The number of ether oxygens (including phenoxy) is 3. The molecule has 3 nitrogen and oxygen atoms in total. The van der Waals surface area contributed by atoms with E-state index in [1.165, 1.54) is 5.56 Å². The van der Waals surface area contributed by atoms with E-state index in [1.807, 2.05) is 18.2 Å². The smallest absolute Gasteiger partial charge is 0.161 e. The number of benzene rings is 1. The minimum atomic E-state index is 0.510. The Labute approximate surface area is 110 Å². The molecule has 0 saturated carbocycles. The van der Waals surface area contributed by atoms with Crippen molar-refractivity contribution in [2.24, 2.45) is 5.92 Å². The van der Waals surface area contributed by atoms with Crippen molar-refractivity contribution in [1.29, 1.82) is 0 Å². The van der Waals surface area contributed by atoms with Crippen LogP contribution in [0.4, 0.5) is 0 Å². The summed E-state index contributed by atoms with van der Waals surface area (Å²) in [5, 5.41) is 0.820. The summed E-state index contributed by atoms with van der Waals surface area (Å²) in [6, 6.07) is 6.00. The maximum absolute atomic E-state index is 5.79. The molecule has 0 aliphatic carbocycles. The predicted octanol–water partition coefficient (Wildman–Crippen LogP) is 3.01. The van der Waals surface area contributed by atoms with Gasteiger partial charge in [0.25, 0.3) is 0 Å². The van der Waals surface area contributed by atoms with Crippen LogP contribution < -0.4 is 9.47 Å². The van der Waals surface area contributed by atoms with E-state index >= 15 is 0 Å².